The van der Waals surface area contributed by atoms with Gasteiger partial charge in [0.25, 0.3) is 5.91 Å². The van der Waals surface area contributed by atoms with Crippen molar-refractivity contribution < 1.29 is 19.4 Å². The number of rotatable bonds is 5. The van der Waals surface area contributed by atoms with Crippen LogP contribution in [0.3, 0.4) is 0 Å². The second-order valence-corrected chi connectivity index (χ2v) is 5.68. The van der Waals surface area contributed by atoms with E-state index in [0.29, 0.717) is 22.2 Å². The van der Waals surface area contributed by atoms with Gasteiger partial charge in [0.15, 0.2) is 6.61 Å². The molecule has 6 heteroatoms. The molecule has 1 heterocycles. The Morgan fingerprint density at radius 3 is 2.63 bits per heavy atom. The van der Waals surface area contributed by atoms with E-state index in [9.17, 15) is 14.7 Å². The van der Waals surface area contributed by atoms with E-state index < -0.39 is 18.5 Å². The van der Waals surface area contributed by atoms with Gasteiger partial charge in [0.2, 0.25) is 0 Å². The monoisotopic (exact) mass is 360 g/mol. The first-order valence-corrected chi connectivity index (χ1v) is 8.15. The minimum absolute atomic E-state index is 0.0690. The summed E-state index contributed by atoms with van der Waals surface area (Å²) in [5.74, 6) is 1.30. The molecule has 0 aliphatic carbocycles. The van der Waals surface area contributed by atoms with Gasteiger partial charge in [-0.1, -0.05) is 24.1 Å². The molecule has 0 bridgehead atoms. The number of phenolic OH excluding ortho intramolecular Hbond substituents is 1. The fraction of sp³-hybridized carbons (Fsp3) is 0.0952. The number of amides is 1. The quantitative estimate of drug-likeness (QED) is 0.539. The number of aromatic nitrogens is 1. The average Bonchev–Trinajstić information content (AvgIpc) is 2.70. The standard InChI is InChI=1S/C21H16N2O4/c1-2-11-22-20(25)13-27-21(26)17-12-19(14-7-9-15(24)10-8-14)23-18-6-4-3-5-16(17)18/h1,3-10,12,24H,11,13H2,(H,22,25). The second-order valence-electron chi connectivity index (χ2n) is 5.68. The molecule has 0 spiro atoms. The van der Waals surface area contributed by atoms with E-state index in [1.54, 1.807) is 48.5 Å². The molecule has 2 aromatic carbocycles. The minimum atomic E-state index is -0.635. The van der Waals surface area contributed by atoms with Crippen molar-refractivity contribution in [2.45, 2.75) is 0 Å². The fourth-order valence-corrected chi connectivity index (χ4v) is 2.53. The SMILES string of the molecule is C#CCNC(=O)COC(=O)c1cc(-c2ccc(O)cc2)nc2ccccc12. The Bertz CT molecular complexity index is 1040. The van der Waals surface area contributed by atoms with Crippen molar-refractivity contribution in [3.63, 3.8) is 0 Å². The Balaban J connectivity index is 1.93. The van der Waals surface area contributed by atoms with Crippen LogP contribution in [0, 0.1) is 12.3 Å². The van der Waals surface area contributed by atoms with Gasteiger partial charge in [0.05, 0.1) is 23.3 Å². The number of ether oxygens (including phenoxy) is 1. The predicted molar refractivity (Wildman–Crippen MR) is 101 cm³/mol. The molecule has 0 fully saturated rings. The van der Waals surface area contributed by atoms with Crippen LogP contribution in [0.4, 0.5) is 0 Å². The zero-order valence-corrected chi connectivity index (χ0v) is 14.3. The van der Waals surface area contributed by atoms with Gasteiger partial charge in [-0.15, -0.1) is 6.42 Å². The first-order valence-electron chi connectivity index (χ1n) is 8.15. The van der Waals surface area contributed by atoms with Gasteiger partial charge in [-0.2, -0.15) is 0 Å². The fourth-order valence-electron chi connectivity index (χ4n) is 2.53. The van der Waals surface area contributed by atoms with Crippen LogP contribution in [-0.2, 0) is 9.53 Å². The molecule has 3 rings (SSSR count). The van der Waals surface area contributed by atoms with Gasteiger partial charge in [-0.05, 0) is 36.4 Å². The smallest absolute Gasteiger partial charge is 0.339 e. The van der Waals surface area contributed by atoms with Crippen LogP contribution in [0.15, 0.2) is 54.6 Å². The van der Waals surface area contributed by atoms with Gasteiger partial charge in [-0.25, -0.2) is 9.78 Å². The van der Waals surface area contributed by atoms with Crippen molar-refractivity contribution in [3.05, 3.63) is 60.2 Å². The summed E-state index contributed by atoms with van der Waals surface area (Å²) < 4.78 is 5.12. The minimum Gasteiger partial charge on any atom is -0.508 e. The van der Waals surface area contributed by atoms with E-state index in [1.165, 1.54) is 0 Å². The number of nitrogens with one attached hydrogen (secondary N) is 1. The van der Waals surface area contributed by atoms with E-state index >= 15 is 0 Å². The Kier molecular flexibility index (Phi) is 5.33. The van der Waals surface area contributed by atoms with Crippen LogP contribution >= 0.6 is 0 Å². The molecule has 0 radical (unpaired) electrons. The Morgan fingerprint density at radius 2 is 1.89 bits per heavy atom. The number of carbonyl (C=O) groups is 2. The normalized spacial score (nSPS) is 10.2. The van der Waals surface area contributed by atoms with Crippen LogP contribution in [-0.4, -0.2) is 35.1 Å². The molecule has 6 nitrogen and oxygen atoms in total. The summed E-state index contributed by atoms with van der Waals surface area (Å²) in [6.07, 6.45) is 5.07. The molecule has 0 aliphatic heterocycles. The number of hydrogen-bond acceptors (Lipinski definition) is 5. The molecular formula is C21H16N2O4. The summed E-state index contributed by atoms with van der Waals surface area (Å²) in [5.41, 5.74) is 2.21. The Morgan fingerprint density at radius 1 is 1.15 bits per heavy atom. The molecular weight excluding hydrogens is 344 g/mol. The van der Waals surface area contributed by atoms with E-state index in [2.05, 4.69) is 16.2 Å². The number of esters is 1. The molecule has 0 aliphatic rings. The van der Waals surface area contributed by atoms with Gasteiger partial charge in [0.1, 0.15) is 5.75 Å². The zero-order valence-electron chi connectivity index (χ0n) is 14.3. The largest absolute Gasteiger partial charge is 0.508 e. The lowest BCUT2D eigenvalue weighted by atomic mass is 10.0. The highest BCUT2D eigenvalue weighted by molar-refractivity contribution is 6.05. The van der Waals surface area contributed by atoms with Gasteiger partial charge >= 0.3 is 5.97 Å². The van der Waals surface area contributed by atoms with Crippen LogP contribution in [0.1, 0.15) is 10.4 Å². The molecule has 0 saturated heterocycles. The maximum atomic E-state index is 12.6. The summed E-state index contributed by atoms with van der Waals surface area (Å²) in [4.78, 5) is 28.7. The van der Waals surface area contributed by atoms with Gasteiger partial charge in [-0.3, -0.25) is 4.79 Å². The van der Waals surface area contributed by atoms with Crippen molar-refractivity contribution in [2.75, 3.05) is 13.2 Å². The number of phenols is 1. The van der Waals surface area contributed by atoms with E-state index in [0.717, 1.165) is 5.56 Å². The van der Waals surface area contributed by atoms with Crippen molar-refractivity contribution in [1.82, 2.24) is 10.3 Å². The molecule has 3 aromatic rings. The maximum Gasteiger partial charge on any atom is 0.339 e. The first-order chi connectivity index (χ1) is 13.1. The first kappa shape index (κ1) is 18.0. The van der Waals surface area contributed by atoms with Crippen LogP contribution < -0.4 is 5.32 Å². The zero-order chi connectivity index (χ0) is 19.2. The summed E-state index contributed by atoms with van der Waals surface area (Å²) in [5, 5.41) is 12.5. The lowest BCUT2D eigenvalue weighted by Crippen LogP contribution is -2.29. The number of pyridine rings is 1. The molecule has 0 atom stereocenters. The molecule has 1 aromatic heterocycles. The maximum absolute atomic E-state index is 12.6. The number of nitrogens with zero attached hydrogens (tertiary/aromatic N) is 1. The lowest BCUT2D eigenvalue weighted by Gasteiger charge is -2.10. The van der Waals surface area contributed by atoms with Crippen LogP contribution in [0.2, 0.25) is 0 Å². The number of terminal acetylenes is 1. The highest BCUT2D eigenvalue weighted by Crippen LogP contribution is 2.26. The van der Waals surface area contributed by atoms with E-state index in [4.69, 9.17) is 11.2 Å². The number of benzene rings is 2. The molecule has 2 N–H and O–H groups in total. The van der Waals surface area contributed by atoms with Gasteiger partial charge in [0, 0.05) is 10.9 Å². The predicted octanol–water partition coefficient (Wildman–Crippen LogP) is 2.51. The molecule has 0 saturated carbocycles. The van der Waals surface area contributed by atoms with Crippen LogP contribution in [0.25, 0.3) is 22.2 Å². The number of para-hydroxylation sites is 1. The number of aromatic hydroxyl groups is 1. The van der Waals surface area contributed by atoms with Crippen molar-refractivity contribution in [2.24, 2.45) is 0 Å². The third kappa shape index (κ3) is 4.22. The third-order valence-electron chi connectivity index (χ3n) is 3.82. The Labute approximate surface area is 155 Å². The van der Waals surface area contributed by atoms with Crippen molar-refractivity contribution >= 4 is 22.8 Å². The van der Waals surface area contributed by atoms with E-state index in [-0.39, 0.29) is 12.3 Å². The van der Waals surface area contributed by atoms with Crippen LogP contribution in [0.5, 0.6) is 5.75 Å². The Hall–Kier alpha value is -3.85. The van der Waals surface area contributed by atoms with Gasteiger partial charge < -0.3 is 15.2 Å². The number of hydrogen-bond donors (Lipinski definition) is 2. The van der Waals surface area contributed by atoms with Crippen molar-refractivity contribution in [1.29, 1.82) is 0 Å². The molecule has 27 heavy (non-hydrogen) atoms. The lowest BCUT2D eigenvalue weighted by molar-refractivity contribution is -0.123. The number of carbonyl (C=O) groups excluding carboxylic acids is 2. The third-order valence-corrected chi connectivity index (χ3v) is 3.82. The highest BCUT2D eigenvalue weighted by Gasteiger charge is 2.16. The molecule has 1 amide bonds. The summed E-state index contributed by atoms with van der Waals surface area (Å²) in [6, 6.07) is 15.3. The van der Waals surface area contributed by atoms with Crippen molar-refractivity contribution in [3.8, 4) is 29.4 Å². The average molecular weight is 360 g/mol. The topological polar surface area (TPSA) is 88.5 Å². The summed E-state index contributed by atoms with van der Waals surface area (Å²) in [7, 11) is 0. The molecule has 134 valence electrons. The summed E-state index contributed by atoms with van der Waals surface area (Å²) >= 11 is 0. The highest BCUT2D eigenvalue weighted by atomic mass is 16.5. The molecule has 0 unspecified atom stereocenters. The summed E-state index contributed by atoms with van der Waals surface area (Å²) in [6.45, 7) is -0.356. The van der Waals surface area contributed by atoms with E-state index in [1.807, 2.05) is 6.07 Å². The second kappa shape index (κ2) is 8.02. The number of fused-ring (bicyclic) bond motifs is 1.